The summed E-state index contributed by atoms with van der Waals surface area (Å²) < 4.78 is 0.267. The van der Waals surface area contributed by atoms with Crippen molar-refractivity contribution in [2.45, 2.75) is 0 Å². The number of hydrogen-bond acceptors (Lipinski definition) is 5. The highest BCUT2D eigenvalue weighted by atomic mass is 32.2. The van der Waals surface area contributed by atoms with E-state index in [1.54, 1.807) is 6.08 Å². The number of nitrogens with zero attached hydrogens (tertiary/aromatic N) is 2. The van der Waals surface area contributed by atoms with E-state index in [0.29, 0.717) is 4.91 Å². The number of carbonyl (C=O) groups excluding carboxylic acids is 1. The fourth-order valence-electron chi connectivity index (χ4n) is 2.70. The van der Waals surface area contributed by atoms with E-state index in [1.165, 1.54) is 0 Å². The smallest absolute Gasteiger partial charge is 0.323 e. The van der Waals surface area contributed by atoms with Crippen LogP contribution in [-0.2, 0) is 9.59 Å². The van der Waals surface area contributed by atoms with E-state index >= 15 is 0 Å². The second-order valence-corrected chi connectivity index (χ2v) is 8.32. The lowest BCUT2D eigenvalue weighted by Crippen LogP contribution is -2.33. The molecule has 7 heteroatoms. The van der Waals surface area contributed by atoms with Crippen LogP contribution in [0.25, 0.3) is 18.2 Å². The summed E-state index contributed by atoms with van der Waals surface area (Å²) in [4.78, 5) is 26.8. The van der Waals surface area contributed by atoms with Gasteiger partial charge in [-0.15, -0.1) is 0 Å². The fraction of sp³-hybridized carbons (Fsp3) is 0.136. The maximum Gasteiger partial charge on any atom is 0.323 e. The summed E-state index contributed by atoms with van der Waals surface area (Å²) in [5.41, 5.74) is 4.16. The lowest BCUT2D eigenvalue weighted by molar-refractivity contribution is -0.140. The van der Waals surface area contributed by atoms with Crippen LogP contribution < -0.4 is 4.90 Å². The average molecular weight is 425 g/mol. The van der Waals surface area contributed by atoms with Gasteiger partial charge in [0.15, 0.2) is 0 Å². The minimum atomic E-state index is -1.09. The molecule has 0 radical (unpaired) electrons. The van der Waals surface area contributed by atoms with E-state index in [9.17, 15) is 9.59 Å². The van der Waals surface area contributed by atoms with Gasteiger partial charge >= 0.3 is 5.97 Å². The predicted octanol–water partition coefficient (Wildman–Crippen LogP) is 4.21. The summed E-state index contributed by atoms with van der Waals surface area (Å²) in [5.74, 6) is -1.46. The maximum absolute atomic E-state index is 12.3. The molecule has 0 atom stereocenters. The van der Waals surface area contributed by atoms with E-state index in [1.807, 2.05) is 50.5 Å². The third-order valence-corrected chi connectivity index (χ3v) is 5.66. The van der Waals surface area contributed by atoms with Crippen LogP contribution in [-0.4, -0.2) is 46.8 Å². The minimum absolute atomic E-state index is 0.267. The molecule has 5 nitrogen and oxygen atoms in total. The number of carbonyl (C=O) groups is 2. The highest BCUT2D eigenvalue weighted by Crippen LogP contribution is 2.32. The van der Waals surface area contributed by atoms with Crippen molar-refractivity contribution in [3.8, 4) is 0 Å². The molecule has 148 valence electrons. The Morgan fingerprint density at radius 2 is 1.55 bits per heavy atom. The van der Waals surface area contributed by atoms with Gasteiger partial charge in [0, 0.05) is 19.8 Å². The zero-order chi connectivity index (χ0) is 21.0. The molecule has 0 bridgehead atoms. The summed E-state index contributed by atoms with van der Waals surface area (Å²) >= 11 is 6.23. The molecule has 1 aliphatic rings. The monoisotopic (exact) mass is 424 g/mol. The van der Waals surface area contributed by atoms with E-state index in [0.717, 1.165) is 39.0 Å². The molecule has 0 saturated carbocycles. The summed E-state index contributed by atoms with van der Waals surface area (Å²) in [6, 6.07) is 16.0. The van der Waals surface area contributed by atoms with Crippen molar-refractivity contribution in [2.75, 3.05) is 25.5 Å². The van der Waals surface area contributed by atoms with E-state index in [4.69, 9.17) is 17.3 Å². The maximum atomic E-state index is 12.3. The van der Waals surface area contributed by atoms with E-state index < -0.39 is 12.5 Å². The number of carboxylic acid groups (broad SMARTS) is 1. The molecule has 0 aliphatic carbocycles. The molecule has 29 heavy (non-hydrogen) atoms. The number of thioether (sulfide) groups is 1. The average Bonchev–Trinajstić information content (AvgIpc) is 2.95. The molecular weight excluding hydrogens is 404 g/mol. The Kier molecular flexibility index (Phi) is 6.51. The number of aliphatic carboxylic acids is 1. The van der Waals surface area contributed by atoms with Gasteiger partial charge in [0.2, 0.25) is 0 Å². The van der Waals surface area contributed by atoms with Crippen molar-refractivity contribution < 1.29 is 14.7 Å². The van der Waals surface area contributed by atoms with Gasteiger partial charge in [-0.2, -0.15) is 0 Å². The Balaban J connectivity index is 1.69. The van der Waals surface area contributed by atoms with Gasteiger partial charge in [-0.3, -0.25) is 14.5 Å². The van der Waals surface area contributed by atoms with Crippen LogP contribution in [0.5, 0.6) is 0 Å². The number of benzene rings is 2. The highest BCUT2D eigenvalue weighted by molar-refractivity contribution is 8.26. The van der Waals surface area contributed by atoms with Crippen LogP contribution in [0.1, 0.15) is 16.7 Å². The van der Waals surface area contributed by atoms with Gasteiger partial charge in [0.25, 0.3) is 5.91 Å². The van der Waals surface area contributed by atoms with Crippen molar-refractivity contribution in [3.05, 3.63) is 70.1 Å². The molecular formula is C22H20N2O3S2. The molecule has 2 aromatic rings. The number of anilines is 1. The molecule has 0 aromatic heterocycles. The van der Waals surface area contributed by atoms with Gasteiger partial charge in [0.05, 0.1) is 4.91 Å². The first-order chi connectivity index (χ1) is 13.8. The Morgan fingerprint density at radius 1 is 1.03 bits per heavy atom. The molecule has 1 fully saturated rings. The molecule has 2 aromatic carbocycles. The van der Waals surface area contributed by atoms with Crippen LogP contribution in [0.15, 0.2) is 53.4 Å². The zero-order valence-electron chi connectivity index (χ0n) is 16.0. The van der Waals surface area contributed by atoms with Gasteiger partial charge < -0.3 is 10.0 Å². The lowest BCUT2D eigenvalue weighted by Gasteiger charge is -2.11. The standard InChI is InChI=1S/C22H20N2O3S2/c1-23(2)18-11-9-16(10-12-18)4-3-15-5-7-17(8-6-15)13-19-21(27)24(14-20(25)26)22(28)29-19/h3-13H,14H2,1-2H3,(H,25,26)/b4-3+,19-13+. The van der Waals surface area contributed by atoms with Crippen molar-refractivity contribution in [1.82, 2.24) is 4.90 Å². The second-order valence-electron chi connectivity index (χ2n) is 6.65. The van der Waals surface area contributed by atoms with Gasteiger partial charge in [-0.05, 0) is 34.9 Å². The molecule has 0 unspecified atom stereocenters. The number of hydrogen-bond donors (Lipinski definition) is 1. The predicted molar refractivity (Wildman–Crippen MR) is 124 cm³/mol. The Morgan fingerprint density at radius 3 is 2.07 bits per heavy atom. The Hall–Kier alpha value is -2.90. The number of carboxylic acids is 1. The third-order valence-electron chi connectivity index (χ3n) is 4.28. The second kappa shape index (κ2) is 9.07. The van der Waals surface area contributed by atoms with Crippen molar-refractivity contribution in [3.63, 3.8) is 0 Å². The Bertz CT molecular complexity index is 994. The van der Waals surface area contributed by atoms with Crippen LogP contribution in [0.3, 0.4) is 0 Å². The molecule has 1 saturated heterocycles. The Labute approximate surface area is 179 Å². The third kappa shape index (κ3) is 5.34. The highest BCUT2D eigenvalue weighted by Gasteiger charge is 2.33. The first-order valence-electron chi connectivity index (χ1n) is 8.86. The number of rotatable bonds is 6. The van der Waals surface area contributed by atoms with Gasteiger partial charge in [-0.25, -0.2) is 0 Å². The van der Waals surface area contributed by atoms with Crippen LogP contribution in [0.2, 0.25) is 0 Å². The van der Waals surface area contributed by atoms with Gasteiger partial charge in [-0.1, -0.05) is 72.5 Å². The minimum Gasteiger partial charge on any atom is -0.480 e. The van der Waals surface area contributed by atoms with Gasteiger partial charge in [0.1, 0.15) is 10.9 Å². The quantitative estimate of drug-likeness (QED) is 0.426. The zero-order valence-corrected chi connectivity index (χ0v) is 17.7. The van der Waals surface area contributed by atoms with Crippen molar-refractivity contribution in [2.24, 2.45) is 0 Å². The SMILES string of the molecule is CN(C)c1ccc(/C=C/c2ccc(/C=C3/SC(=S)N(CC(=O)O)C3=O)cc2)cc1. The molecule has 1 amide bonds. The summed E-state index contributed by atoms with van der Waals surface area (Å²) in [7, 11) is 4.02. The molecule has 1 heterocycles. The number of amides is 1. The molecule has 3 rings (SSSR count). The van der Waals surface area contributed by atoms with Crippen LogP contribution >= 0.6 is 24.0 Å². The van der Waals surface area contributed by atoms with E-state index in [2.05, 4.69) is 29.2 Å². The molecule has 1 aliphatic heterocycles. The normalized spacial score (nSPS) is 15.5. The largest absolute Gasteiger partial charge is 0.480 e. The van der Waals surface area contributed by atoms with Crippen molar-refractivity contribution >= 4 is 64.1 Å². The number of thiocarbonyl (C=S) groups is 1. The summed E-state index contributed by atoms with van der Waals surface area (Å²) in [5, 5.41) is 8.90. The first-order valence-corrected chi connectivity index (χ1v) is 10.1. The van der Waals surface area contributed by atoms with E-state index in [-0.39, 0.29) is 10.2 Å². The van der Waals surface area contributed by atoms with Crippen LogP contribution in [0.4, 0.5) is 5.69 Å². The van der Waals surface area contributed by atoms with Crippen LogP contribution in [0, 0.1) is 0 Å². The van der Waals surface area contributed by atoms with Crippen molar-refractivity contribution in [1.29, 1.82) is 0 Å². The molecule has 0 spiro atoms. The fourth-order valence-corrected chi connectivity index (χ4v) is 3.96. The topological polar surface area (TPSA) is 60.9 Å². The lowest BCUT2D eigenvalue weighted by atomic mass is 10.1. The first kappa shape index (κ1) is 20.8. The summed E-state index contributed by atoms with van der Waals surface area (Å²) in [6.45, 7) is -0.415. The molecule has 1 N–H and O–H groups in total. The summed E-state index contributed by atoms with van der Waals surface area (Å²) in [6.07, 6.45) is 5.81.